The number of hydrogen-bond donors (Lipinski definition) is 0. The fraction of sp³-hybridized carbons (Fsp3) is 0.125. The van der Waals surface area contributed by atoms with Crippen molar-refractivity contribution in [2.24, 2.45) is 0 Å². The summed E-state index contributed by atoms with van der Waals surface area (Å²) < 4.78 is 22.4. The number of nitriles is 1. The first kappa shape index (κ1) is 11.5. The van der Waals surface area contributed by atoms with Crippen LogP contribution in [0.2, 0.25) is 0 Å². The zero-order valence-electron chi connectivity index (χ0n) is 7.08. The molecule has 0 aliphatic rings. The average Bonchev–Trinajstić information content (AvgIpc) is 2.06. The number of aryl methyl sites for hydroxylation is 1. The molecule has 74 valence electrons. The molecule has 1 aromatic carbocycles. The van der Waals surface area contributed by atoms with E-state index in [1.807, 2.05) is 6.07 Å². The molecule has 14 heavy (non-hydrogen) atoms. The van der Waals surface area contributed by atoms with Gasteiger partial charge in [-0.1, -0.05) is 0 Å². The Kier molecular flexibility index (Phi) is 3.20. The lowest BCUT2D eigenvalue weighted by Crippen LogP contribution is -1.95. The van der Waals surface area contributed by atoms with Gasteiger partial charge in [0.1, 0.15) is 0 Å². The van der Waals surface area contributed by atoms with E-state index in [4.69, 9.17) is 15.9 Å². The van der Waals surface area contributed by atoms with E-state index in [9.17, 15) is 8.42 Å². The van der Waals surface area contributed by atoms with Crippen LogP contribution in [0, 0.1) is 18.3 Å². The second-order valence-corrected chi connectivity index (χ2v) is 6.04. The molecule has 0 heterocycles. The Morgan fingerprint density at radius 3 is 2.50 bits per heavy atom. The molecule has 0 saturated heterocycles. The van der Waals surface area contributed by atoms with Crippen LogP contribution in [0.25, 0.3) is 0 Å². The van der Waals surface area contributed by atoms with Crippen LogP contribution in [0.4, 0.5) is 0 Å². The molecule has 0 amide bonds. The van der Waals surface area contributed by atoms with Crippen molar-refractivity contribution in [2.75, 3.05) is 0 Å². The molecule has 0 N–H and O–H groups in total. The van der Waals surface area contributed by atoms with Crippen molar-refractivity contribution in [3.63, 3.8) is 0 Å². The quantitative estimate of drug-likeness (QED) is 0.748. The molecule has 6 heteroatoms. The Balaban J connectivity index is 3.54. The molecule has 0 unspecified atom stereocenters. The minimum absolute atomic E-state index is 0.0179. The SMILES string of the molecule is Cc1cc(S(=O)(=O)Cl)c(Br)cc1C#N. The maximum absolute atomic E-state index is 11.1. The van der Waals surface area contributed by atoms with Crippen LogP contribution < -0.4 is 0 Å². The highest BCUT2D eigenvalue weighted by atomic mass is 79.9. The summed E-state index contributed by atoms with van der Waals surface area (Å²) in [4.78, 5) is -0.0179. The topological polar surface area (TPSA) is 57.9 Å². The zero-order valence-corrected chi connectivity index (χ0v) is 10.2. The molecule has 1 rings (SSSR count). The van der Waals surface area contributed by atoms with Crippen LogP contribution in [-0.4, -0.2) is 8.42 Å². The summed E-state index contributed by atoms with van der Waals surface area (Å²) in [6.45, 7) is 1.65. The number of rotatable bonds is 1. The molecule has 0 aliphatic heterocycles. The van der Waals surface area contributed by atoms with Crippen molar-refractivity contribution in [1.82, 2.24) is 0 Å². The maximum Gasteiger partial charge on any atom is 0.262 e. The highest BCUT2D eigenvalue weighted by molar-refractivity contribution is 9.10. The van der Waals surface area contributed by atoms with Gasteiger partial charge >= 0.3 is 0 Å². The summed E-state index contributed by atoms with van der Waals surface area (Å²) in [6.07, 6.45) is 0. The summed E-state index contributed by atoms with van der Waals surface area (Å²) >= 11 is 3.04. The third-order valence-electron chi connectivity index (χ3n) is 1.66. The molecule has 0 fully saturated rings. The third-order valence-corrected chi connectivity index (χ3v) is 3.94. The van der Waals surface area contributed by atoms with E-state index in [2.05, 4.69) is 15.9 Å². The molecule has 0 aromatic heterocycles. The van der Waals surface area contributed by atoms with Crippen LogP contribution >= 0.6 is 26.6 Å². The van der Waals surface area contributed by atoms with Crippen molar-refractivity contribution in [3.05, 3.63) is 27.7 Å². The predicted octanol–water partition coefficient (Wildman–Crippen LogP) is 2.56. The Hall–Kier alpha value is -0.570. The van der Waals surface area contributed by atoms with Crippen LogP contribution in [0.1, 0.15) is 11.1 Å². The van der Waals surface area contributed by atoms with Crippen molar-refractivity contribution in [2.45, 2.75) is 11.8 Å². The first-order valence-electron chi connectivity index (χ1n) is 3.51. The van der Waals surface area contributed by atoms with E-state index < -0.39 is 9.05 Å². The van der Waals surface area contributed by atoms with E-state index in [0.717, 1.165) is 0 Å². The summed E-state index contributed by atoms with van der Waals surface area (Å²) in [5.41, 5.74) is 0.996. The monoisotopic (exact) mass is 293 g/mol. The highest BCUT2D eigenvalue weighted by Crippen LogP contribution is 2.27. The minimum Gasteiger partial charge on any atom is -0.207 e. The van der Waals surface area contributed by atoms with Crippen LogP contribution in [0.5, 0.6) is 0 Å². The molecule has 3 nitrogen and oxygen atoms in total. The number of nitrogens with zero attached hydrogens (tertiary/aromatic N) is 1. The number of benzene rings is 1. The Bertz CT molecular complexity index is 519. The van der Waals surface area contributed by atoms with Gasteiger partial charge in [0.2, 0.25) is 0 Å². The molecule has 0 radical (unpaired) electrons. The Morgan fingerprint density at radius 2 is 2.07 bits per heavy atom. The average molecular weight is 295 g/mol. The van der Waals surface area contributed by atoms with Gasteiger partial charge < -0.3 is 0 Å². The van der Waals surface area contributed by atoms with Gasteiger partial charge in [0.25, 0.3) is 9.05 Å². The summed E-state index contributed by atoms with van der Waals surface area (Å²) in [7, 11) is 1.43. The van der Waals surface area contributed by atoms with Gasteiger partial charge in [-0.2, -0.15) is 5.26 Å². The molecule has 0 aliphatic carbocycles. The summed E-state index contributed by atoms with van der Waals surface area (Å²) in [5.74, 6) is 0. The standard InChI is InChI=1S/C8H5BrClNO2S/c1-5-2-8(14(10,12)13)7(9)3-6(5)4-11/h2-3H,1H3. The Morgan fingerprint density at radius 1 is 1.50 bits per heavy atom. The van der Waals surface area contributed by atoms with E-state index >= 15 is 0 Å². The zero-order chi connectivity index (χ0) is 10.9. The lowest BCUT2D eigenvalue weighted by molar-refractivity contribution is 0.609. The van der Waals surface area contributed by atoms with Crippen molar-refractivity contribution >= 4 is 35.7 Å². The van der Waals surface area contributed by atoms with Gasteiger partial charge in [0, 0.05) is 15.2 Å². The van der Waals surface area contributed by atoms with Gasteiger partial charge in [-0.05, 0) is 40.5 Å². The predicted molar refractivity (Wildman–Crippen MR) is 56.6 cm³/mol. The molecule has 0 atom stereocenters. The second kappa shape index (κ2) is 3.89. The van der Waals surface area contributed by atoms with Gasteiger partial charge in [0.05, 0.1) is 16.5 Å². The summed E-state index contributed by atoms with van der Waals surface area (Å²) in [5, 5.41) is 8.68. The smallest absolute Gasteiger partial charge is 0.207 e. The van der Waals surface area contributed by atoms with Gasteiger partial charge in [-0.15, -0.1) is 0 Å². The lowest BCUT2D eigenvalue weighted by Gasteiger charge is -2.03. The van der Waals surface area contributed by atoms with Gasteiger partial charge in [-0.3, -0.25) is 0 Å². The number of hydrogen-bond acceptors (Lipinski definition) is 3. The molecular weight excluding hydrogens is 290 g/mol. The molecule has 0 bridgehead atoms. The maximum atomic E-state index is 11.1. The van der Waals surface area contributed by atoms with E-state index in [0.29, 0.717) is 15.6 Å². The number of halogens is 2. The normalized spacial score (nSPS) is 11.0. The lowest BCUT2D eigenvalue weighted by atomic mass is 10.1. The van der Waals surface area contributed by atoms with E-state index in [1.165, 1.54) is 12.1 Å². The van der Waals surface area contributed by atoms with Crippen LogP contribution in [0.15, 0.2) is 21.5 Å². The molecule has 0 spiro atoms. The third kappa shape index (κ3) is 2.27. The minimum atomic E-state index is -3.77. The fourth-order valence-corrected chi connectivity index (χ4v) is 3.22. The van der Waals surface area contributed by atoms with E-state index in [1.54, 1.807) is 6.92 Å². The fourth-order valence-electron chi connectivity index (χ4n) is 0.962. The van der Waals surface area contributed by atoms with Gasteiger partial charge in [-0.25, -0.2) is 8.42 Å². The van der Waals surface area contributed by atoms with Crippen LogP contribution in [-0.2, 0) is 9.05 Å². The van der Waals surface area contributed by atoms with Crippen LogP contribution in [0.3, 0.4) is 0 Å². The molecular formula is C8H5BrClNO2S. The molecule has 1 aromatic rings. The first-order chi connectivity index (χ1) is 6.36. The Labute approximate surface area is 94.9 Å². The molecule has 0 saturated carbocycles. The first-order valence-corrected chi connectivity index (χ1v) is 6.61. The van der Waals surface area contributed by atoms with E-state index in [-0.39, 0.29) is 4.90 Å². The highest BCUT2D eigenvalue weighted by Gasteiger charge is 2.16. The van der Waals surface area contributed by atoms with Crippen molar-refractivity contribution < 1.29 is 8.42 Å². The van der Waals surface area contributed by atoms with Gasteiger partial charge in [0.15, 0.2) is 0 Å². The van der Waals surface area contributed by atoms with Crippen molar-refractivity contribution in [3.8, 4) is 6.07 Å². The van der Waals surface area contributed by atoms with Crippen molar-refractivity contribution in [1.29, 1.82) is 5.26 Å². The second-order valence-electron chi connectivity index (χ2n) is 2.65. The largest absolute Gasteiger partial charge is 0.262 e. The summed E-state index contributed by atoms with van der Waals surface area (Å²) in [6, 6.07) is 4.75.